The lowest BCUT2D eigenvalue weighted by Gasteiger charge is -2.36. The first kappa shape index (κ1) is 24.0. The molecule has 5 heterocycles. The van der Waals surface area contributed by atoms with Gasteiger partial charge in [-0.05, 0) is 32.2 Å². The van der Waals surface area contributed by atoms with Crippen LogP contribution in [0.5, 0.6) is 0 Å². The molecule has 0 saturated carbocycles. The third-order valence-electron chi connectivity index (χ3n) is 7.26. The molecular formula is C26H27ClFN7O2. The summed E-state index contributed by atoms with van der Waals surface area (Å²) in [4.78, 5) is 27.0. The van der Waals surface area contributed by atoms with Gasteiger partial charge in [-0.3, -0.25) is 14.0 Å². The first-order valence-corrected chi connectivity index (χ1v) is 12.6. The maximum absolute atomic E-state index is 15.1. The van der Waals surface area contributed by atoms with E-state index in [-0.39, 0.29) is 33.3 Å². The van der Waals surface area contributed by atoms with Gasteiger partial charge in [0.15, 0.2) is 0 Å². The highest BCUT2D eigenvalue weighted by molar-refractivity contribution is 6.30. The van der Waals surface area contributed by atoms with E-state index in [0.29, 0.717) is 42.9 Å². The molecule has 11 heteroatoms. The fourth-order valence-corrected chi connectivity index (χ4v) is 5.19. The van der Waals surface area contributed by atoms with E-state index in [1.165, 1.54) is 10.6 Å². The third kappa shape index (κ3) is 4.28. The molecule has 192 valence electrons. The minimum atomic E-state index is -0.546. The Labute approximate surface area is 218 Å². The van der Waals surface area contributed by atoms with Gasteiger partial charge in [0.2, 0.25) is 0 Å². The average Bonchev–Trinajstić information content (AvgIpc) is 3.35. The zero-order valence-electron chi connectivity index (χ0n) is 20.9. The number of fused-ring (bicyclic) bond motifs is 1. The van der Waals surface area contributed by atoms with E-state index in [1.807, 2.05) is 10.9 Å². The van der Waals surface area contributed by atoms with Crippen molar-refractivity contribution in [3.63, 3.8) is 0 Å². The molecule has 0 bridgehead atoms. The largest absolute Gasteiger partial charge is 0.370 e. The molecule has 4 aromatic rings. The van der Waals surface area contributed by atoms with E-state index >= 15 is 4.39 Å². The smallest absolute Gasteiger partial charge is 0.263 e. The molecule has 2 saturated heterocycles. The predicted octanol–water partition coefficient (Wildman–Crippen LogP) is 3.36. The summed E-state index contributed by atoms with van der Waals surface area (Å²) in [5, 5.41) is 5.11. The van der Waals surface area contributed by atoms with Gasteiger partial charge >= 0.3 is 0 Å². The van der Waals surface area contributed by atoms with Gasteiger partial charge in [0.05, 0.1) is 35.4 Å². The van der Waals surface area contributed by atoms with Gasteiger partial charge in [-0.15, -0.1) is 0 Å². The molecule has 6 rings (SSSR count). The molecule has 1 atom stereocenters. The summed E-state index contributed by atoms with van der Waals surface area (Å²) in [6.07, 6.45) is 3.73. The van der Waals surface area contributed by atoms with Crippen molar-refractivity contribution < 1.29 is 9.13 Å². The summed E-state index contributed by atoms with van der Waals surface area (Å²) in [5.41, 5.74) is 1.65. The van der Waals surface area contributed by atoms with Crippen LogP contribution in [0.15, 0.2) is 41.5 Å². The molecule has 0 unspecified atom stereocenters. The molecule has 0 spiro atoms. The number of rotatable bonds is 4. The summed E-state index contributed by atoms with van der Waals surface area (Å²) >= 11 is 6.00. The number of hydrogen-bond donors (Lipinski definition) is 0. The second-order valence-electron chi connectivity index (χ2n) is 9.80. The van der Waals surface area contributed by atoms with Crippen molar-refractivity contribution in [2.45, 2.75) is 19.1 Å². The number of nitrogens with zero attached hydrogens (tertiary/aromatic N) is 7. The van der Waals surface area contributed by atoms with Crippen molar-refractivity contribution in [2.24, 2.45) is 7.05 Å². The predicted molar refractivity (Wildman–Crippen MR) is 140 cm³/mol. The monoisotopic (exact) mass is 523 g/mol. The summed E-state index contributed by atoms with van der Waals surface area (Å²) < 4.78 is 24.6. The maximum Gasteiger partial charge on any atom is 0.263 e. The Kier molecular flexibility index (Phi) is 5.97. The Bertz CT molecular complexity index is 1560. The van der Waals surface area contributed by atoms with Crippen LogP contribution in [0.4, 0.5) is 10.2 Å². The van der Waals surface area contributed by atoms with E-state index in [1.54, 1.807) is 32.2 Å². The number of ether oxygens (including phenoxy) is 1. The van der Waals surface area contributed by atoms with Crippen LogP contribution in [0, 0.1) is 12.7 Å². The van der Waals surface area contributed by atoms with Gasteiger partial charge in [-0.25, -0.2) is 14.4 Å². The molecule has 37 heavy (non-hydrogen) atoms. The van der Waals surface area contributed by atoms with E-state index in [4.69, 9.17) is 21.3 Å². The van der Waals surface area contributed by atoms with Gasteiger partial charge in [0.1, 0.15) is 23.6 Å². The Morgan fingerprint density at radius 1 is 1.14 bits per heavy atom. The number of likely N-dealkylation sites (N-methyl/N-ethyl adjacent to an activating group) is 1. The molecular weight excluding hydrogens is 497 g/mol. The molecule has 0 aliphatic carbocycles. The number of anilines is 1. The Morgan fingerprint density at radius 2 is 1.95 bits per heavy atom. The molecule has 2 fully saturated rings. The minimum Gasteiger partial charge on any atom is -0.370 e. The molecule has 2 aliphatic rings. The topological polar surface area (TPSA) is 81.3 Å². The van der Waals surface area contributed by atoms with Gasteiger partial charge in [0.25, 0.3) is 5.56 Å². The second-order valence-corrected chi connectivity index (χ2v) is 10.2. The Balaban J connectivity index is 1.40. The van der Waals surface area contributed by atoms with Crippen molar-refractivity contribution in [1.29, 1.82) is 0 Å². The Morgan fingerprint density at radius 3 is 2.70 bits per heavy atom. The number of hydrogen-bond acceptors (Lipinski definition) is 7. The highest BCUT2D eigenvalue weighted by Crippen LogP contribution is 2.33. The molecule has 0 radical (unpaired) electrons. The van der Waals surface area contributed by atoms with Gasteiger partial charge < -0.3 is 14.5 Å². The zero-order valence-corrected chi connectivity index (χ0v) is 21.6. The lowest BCUT2D eigenvalue weighted by Crippen LogP contribution is -2.45. The highest BCUT2D eigenvalue weighted by atomic mass is 35.5. The number of halogens is 2. The number of aromatic nitrogens is 5. The van der Waals surface area contributed by atoms with Gasteiger partial charge in [0, 0.05) is 61.6 Å². The van der Waals surface area contributed by atoms with Crippen molar-refractivity contribution in [3.8, 4) is 11.3 Å². The van der Waals surface area contributed by atoms with Crippen LogP contribution in [0.2, 0.25) is 5.02 Å². The normalized spacial score (nSPS) is 18.9. The lowest BCUT2D eigenvalue weighted by atomic mass is 10.1. The van der Waals surface area contributed by atoms with E-state index in [0.717, 1.165) is 18.7 Å². The molecule has 2 aliphatic heterocycles. The number of benzene rings is 1. The van der Waals surface area contributed by atoms with Gasteiger partial charge in [-0.1, -0.05) is 11.6 Å². The summed E-state index contributed by atoms with van der Waals surface area (Å²) in [7, 11) is 3.74. The van der Waals surface area contributed by atoms with Crippen molar-refractivity contribution in [2.75, 3.05) is 44.7 Å². The number of pyridine rings is 1. The van der Waals surface area contributed by atoms with Crippen LogP contribution in [-0.2, 0) is 11.8 Å². The SMILES string of the molecule is Cc1nc2cc(N3CCO[C@@H](c4cnn(C5CN(C)C5)c4)C3)nc(-c3ccc(Cl)cc3F)c2c(=O)n1C. The van der Waals surface area contributed by atoms with Crippen molar-refractivity contribution in [3.05, 3.63) is 69.2 Å². The highest BCUT2D eigenvalue weighted by Gasteiger charge is 2.29. The Hall–Kier alpha value is -3.34. The van der Waals surface area contributed by atoms with Crippen LogP contribution >= 0.6 is 11.6 Å². The van der Waals surface area contributed by atoms with E-state index < -0.39 is 5.82 Å². The first-order chi connectivity index (χ1) is 17.8. The summed E-state index contributed by atoms with van der Waals surface area (Å²) in [6, 6.07) is 6.56. The summed E-state index contributed by atoms with van der Waals surface area (Å²) in [5.74, 6) is 0.624. The first-order valence-electron chi connectivity index (χ1n) is 12.2. The maximum atomic E-state index is 15.1. The third-order valence-corrected chi connectivity index (χ3v) is 7.50. The number of morpholine rings is 1. The molecule has 0 amide bonds. The van der Waals surface area contributed by atoms with Crippen molar-refractivity contribution in [1.82, 2.24) is 29.2 Å². The fraction of sp³-hybridized carbons (Fsp3) is 0.385. The van der Waals surface area contributed by atoms with E-state index in [2.05, 4.69) is 33.1 Å². The van der Waals surface area contributed by atoms with Crippen LogP contribution in [0.1, 0.15) is 23.5 Å². The average molecular weight is 524 g/mol. The lowest BCUT2D eigenvalue weighted by molar-refractivity contribution is 0.0393. The number of aryl methyl sites for hydroxylation is 1. The van der Waals surface area contributed by atoms with Crippen LogP contribution in [-0.4, -0.2) is 69.0 Å². The zero-order chi connectivity index (χ0) is 25.8. The van der Waals surface area contributed by atoms with Crippen LogP contribution < -0.4 is 10.5 Å². The fourth-order valence-electron chi connectivity index (χ4n) is 5.03. The minimum absolute atomic E-state index is 0.188. The number of likely N-dealkylation sites (tertiary alicyclic amines) is 1. The van der Waals surface area contributed by atoms with Crippen molar-refractivity contribution >= 4 is 28.3 Å². The van der Waals surface area contributed by atoms with Crippen LogP contribution in [0.3, 0.4) is 0 Å². The van der Waals surface area contributed by atoms with E-state index in [9.17, 15) is 4.79 Å². The molecule has 1 aromatic carbocycles. The quantitative estimate of drug-likeness (QED) is 0.406. The second kappa shape index (κ2) is 9.20. The molecule has 0 N–H and O–H groups in total. The summed E-state index contributed by atoms with van der Waals surface area (Å²) in [6.45, 7) is 5.37. The molecule has 3 aromatic heterocycles. The molecule has 9 nitrogen and oxygen atoms in total. The standard InChI is InChI=1S/C26H27ClFN7O2/c1-15-30-21-9-23(31-25(24(21)26(36)33(15)3)19-5-4-17(27)8-20(19)28)34-6-7-37-22(14-34)16-10-29-35(11-16)18-12-32(2)13-18/h4-5,8-11,18,22H,6-7,12-14H2,1-3H3/t22-/m1/s1. The van der Waals surface area contributed by atoms with Gasteiger partial charge in [-0.2, -0.15) is 5.10 Å². The van der Waals surface area contributed by atoms with Crippen LogP contribution in [0.25, 0.3) is 22.2 Å².